The molecule has 2 fully saturated rings. The molecule has 1 N–H and O–H groups in total. The summed E-state index contributed by atoms with van der Waals surface area (Å²) in [5.74, 6) is 1.46. The molecule has 4 rings (SSSR count). The van der Waals surface area contributed by atoms with E-state index in [1.54, 1.807) is 7.11 Å². The number of aromatic amines is 1. The van der Waals surface area contributed by atoms with Crippen LogP contribution in [-0.4, -0.2) is 65.7 Å². The zero-order valence-corrected chi connectivity index (χ0v) is 14.0. The number of nitrogens with one attached hydrogen (secondary N) is 1. The first kappa shape index (κ1) is 15.2. The van der Waals surface area contributed by atoms with Crippen LogP contribution in [0.15, 0.2) is 30.3 Å². The molecule has 126 valence electrons. The number of rotatable bonds is 3. The number of amides is 1. The van der Waals surface area contributed by atoms with Gasteiger partial charge in [0.1, 0.15) is 11.4 Å². The zero-order valence-electron chi connectivity index (χ0n) is 14.0. The Hall–Kier alpha value is -2.34. The highest BCUT2D eigenvalue weighted by molar-refractivity contribution is 5.93. The summed E-state index contributed by atoms with van der Waals surface area (Å²) in [6, 6.07) is 10.0. The van der Waals surface area contributed by atoms with Crippen LogP contribution < -0.4 is 4.74 Å². The van der Waals surface area contributed by atoms with Crippen LogP contribution in [0, 0.1) is 5.92 Å². The smallest absolute Gasteiger partial charge is 0.271 e. The van der Waals surface area contributed by atoms with E-state index in [4.69, 9.17) is 4.74 Å². The first-order valence-corrected chi connectivity index (χ1v) is 8.35. The molecule has 2 saturated heterocycles. The van der Waals surface area contributed by atoms with Crippen molar-refractivity contribution in [3.63, 3.8) is 0 Å². The lowest BCUT2D eigenvalue weighted by molar-refractivity contribution is 0.0769. The minimum atomic E-state index is 0.0464. The van der Waals surface area contributed by atoms with Gasteiger partial charge in [0, 0.05) is 24.7 Å². The molecule has 2 aliphatic rings. The third-order valence-corrected chi connectivity index (χ3v) is 5.31. The lowest BCUT2D eigenvalue weighted by Gasteiger charge is -2.20. The number of carbonyl (C=O) groups excluding carboxylic acids is 1. The second kappa shape index (κ2) is 5.94. The average molecular weight is 326 g/mol. The minimum Gasteiger partial charge on any atom is -0.497 e. The molecule has 6 nitrogen and oxygen atoms in total. The van der Waals surface area contributed by atoms with Gasteiger partial charge >= 0.3 is 0 Å². The number of likely N-dealkylation sites (tertiary alicyclic amines) is 2. The number of likely N-dealkylation sites (N-methyl/N-ethyl adjacent to an activating group) is 1. The monoisotopic (exact) mass is 326 g/mol. The summed E-state index contributed by atoms with van der Waals surface area (Å²) in [4.78, 5) is 17.1. The van der Waals surface area contributed by atoms with E-state index in [0.717, 1.165) is 36.6 Å². The highest BCUT2D eigenvalue weighted by Gasteiger charge is 2.41. The normalized spacial score (nSPS) is 23.5. The third-order valence-electron chi connectivity index (χ3n) is 5.31. The highest BCUT2D eigenvalue weighted by atomic mass is 16.5. The molecule has 3 heterocycles. The summed E-state index contributed by atoms with van der Waals surface area (Å²) in [5, 5.41) is 7.20. The maximum atomic E-state index is 12.7. The third kappa shape index (κ3) is 2.57. The minimum absolute atomic E-state index is 0.0464. The van der Waals surface area contributed by atoms with Gasteiger partial charge in [-0.25, -0.2) is 0 Å². The van der Waals surface area contributed by atoms with Crippen molar-refractivity contribution in [2.75, 3.05) is 33.8 Å². The fourth-order valence-electron chi connectivity index (χ4n) is 3.85. The van der Waals surface area contributed by atoms with Gasteiger partial charge in [-0.15, -0.1) is 0 Å². The molecule has 24 heavy (non-hydrogen) atoms. The van der Waals surface area contributed by atoms with E-state index in [-0.39, 0.29) is 5.91 Å². The van der Waals surface area contributed by atoms with Gasteiger partial charge in [0.05, 0.1) is 12.8 Å². The Labute approximate surface area is 141 Å². The predicted octanol–water partition coefficient (Wildman–Crippen LogP) is 1.86. The maximum absolute atomic E-state index is 12.7. The van der Waals surface area contributed by atoms with E-state index in [1.807, 2.05) is 35.2 Å². The number of benzene rings is 1. The maximum Gasteiger partial charge on any atom is 0.271 e. The summed E-state index contributed by atoms with van der Waals surface area (Å²) in [5.41, 5.74) is 2.30. The molecule has 2 aromatic rings. The van der Waals surface area contributed by atoms with E-state index in [9.17, 15) is 4.79 Å². The molecule has 0 saturated carbocycles. The molecular weight excluding hydrogens is 304 g/mol. The first-order chi connectivity index (χ1) is 11.7. The number of hydrogen-bond acceptors (Lipinski definition) is 4. The molecule has 2 aliphatic heterocycles. The number of H-pyrrole nitrogens is 1. The van der Waals surface area contributed by atoms with Gasteiger partial charge in [0.25, 0.3) is 5.91 Å². The lowest BCUT2D eigenvalue weighted by Crippen LogP contribution is -2.35. The number of hydrogen-bond donors (Lipinski definition) is 1. The van der Waals surface area contributed by atoms with E-state index in [0.29, 0.717) is 17.7 Å². The molecule has 6 heteroatoms. The van der Waals surface area contributed by atoms with Gasteiger partial charge in [0.2, 0.25) is 0 Å². The van der Waals surface area contributed by atoms with Crippen LogP contribution >= 0.6 is 0 Å². The lowest BCUT2D eigenvalue weighted by atomic mass is 10.1. The van der Waals surface area contributed by atoms with Crippen LogP contribution in [0.5, 0.6) is 5.75 Å². The second-order valence-corrected chi connectivity index (χ2v) is 6.70. The van der Waals surface area contributed by atoms with Crippen molar-refractivity contribution in [3.05, 3.63) is 36.0 Å². The number of methoxy groups -OCH3 is 1. The Morgan fingerprint density at radius 2 is 2.08 bits per heavy atom. The molecule has 0 radical (unpaired) electrons. The number of nitrogens with zero attached hydrogens (tertiary/aromatic N) is 3. The van der Waals surface area contributed by atoms with Crippen LogP contribution in [0.25, 0.3) is 11.3 Å². The molecule has 1 aromatic heterocycles. The van der Waals surface area contributed by atoms with Crippen LogP contribution in [0.3, 0.4) is 0 Å². The molecule has 0 spiro atoms. The molecule has 1 aromatic carbocycles. The van der Waals surface area contributed by atoms with Crippen molar-refractivity contribution < 1.29 is 9.53 Å². The Morgan fingerprint density at radius 1 is 1.29 bits per heavy atom. The van der Waals surface area contributed by atoms with Gasteiger partial charge in [-0.1, -0.05) is 0 Å². The number of aromatic nitrogens is 2. The fourth-order valence-corrected chi connectivity index (χ4v) is 3.85. The number of fused-ring (bicyclic) bond motifs is 1. The van der Waals surface area contributed by atoms with Crippen molar-refractivity contribution in [1.82, 2.24) is 20.0 Å². The standard InChI is InChI=1S/C18H22N4O2/c1-21-8-7-13-10-22(11-17(13)21)18(23)16-9-15(19-20-16)12-3-5-14(24-2)6-4-12/h3-6,9,13,17H,7-8,10-11H2,1-2H3,(H,19,20)/t13-,17+/m0/s1. The SMILES string of the molecule is COc1ccc(-c2cc(C(=O)N3C[C@@H]4CCN(C)[C@@H]4C3)[nH]n2)cc1. The molecule has 2 atom stereocenters. The van der Waals surface area contributed by atoms with Crippen LogP contribution in [0.4, 0.5) is 0 Å². The van der Waals surface area contributed by atoms with Crippen molar-refractivity contribution in [1.29, 1.82) is 0 Å². The molecule has 0 bridgehead atoms. The average Bonchev–Trinajstić information content (AvgIpc) is 3.32. The van der Waals surface area contributed by atoms with Crippen LogP contribution in [-0.2, 0) is 0 Å². The van der Waals surface area contributed by atoms with E-state index in [2.05, 4.69) is 22.1 Å². The van der Waals surface area contributed by atoms with E-state index in [1.165, 1.54) is 6.42 Å². The van der Waals surface area contributed by atoms with Crippen LogP contribution in [0.2, 0.25) is 0 Å². The highest BCUT2D eigenvalue weighted by Crippen LogP contribution is 2.31. The first-order valence-electron chi connectivity index (χ1n) is 8.35. The Morgan fingerprint density at radius 3 is 2.79 bits per heavy atom. The summed E-state index contributed by atoms with van der Waals surface area (Å²) >= 11 is 0. The van der Waals surface area contributed by atoms with Crippen LogP contribution in [0.1, 0.15) is 16.9 Å². The van der Waals surface area contributed by atoms with E-state index < -0.39 is 0 Å². The molecule has 0 unspecified atom stereocenters. The van der Waals surface area contributed by atoms with Gasteiger partial charge in [0.15, 0.2) is 0 Å². The molecular formula is C18H22N4O2. The Balaban J connectivity index is 1.49. The van der Waals surface area contributed by atoms with Crippen molar-refractivity contribution >= 4 is 5.91 Å². The number of carbonyl (C=O) groups is 1. The molecule has 0 aliphatic carbocycles. The summed E-state index contributed by atoms with van der Waals surface area (Å²) < 4.78 is 5.17. The fraction of sp³-hybridized carbons (Fsp3) is 0.444. The summed E-state index contributed by atoms with van der Waals surface area (Å²) in [6.45, 7) is 2.81. The van der Waals surface area contributed by atoms with Gasteiger partial charge in [-0.05, 0) is 56.3 Å². The predicted molar refractivity (Wildman–Crippen MR) is 91.0 cm³/mol. The second-order valence-electron chi connectivity index (χ2n) is 6.70. The van der Waals surface area contributed by atoms with Crippen molar-refractivity contribution in [2.45, 2.75) is 12.5 Å². The quantitative estimate of drug-likeness (QED) is 0.935. The Kier molecular flexibility index (Phi) is 3.76. The van der Waals surface area contributed by atoms with Gasteiger partial charge in [-0.2, -0.15) is 5.10 Å². The van der Waals surface area contributed by atoms with Crippen molar-refractivity contribution in [3.8, 4) is 17.0 Å². The zero-order chi connectivity index (χ0) is 16.7. The molecule has 1 amide bonds. The van der Waals surface area contributed by atoms with Gasteiger partial charge < -0.3 is 14.5 Å². The summed E-state index contributed by atoms with van der Waals surface area (Å²) in [7, 11) is 3.79. The van der Waals surface area contributed by atoms with E-state index >= 15 is 0 Å². The number of ether oxygens (including phenoxy) is 1. The largest absolute Gasteiger partial charge is 0.497 e. The topological polar surface area (TPSA) is 61.5 Å². The summed E-state index contributed by atoms with van der Waals surface area (Å²) in [6.07, 6.45) is 1.19. The Bertz CT molecular complexity index is 740. The van der Waals surface area contributed by atoms with Gasteiger partial charge in [-0.3, -0.25) is 9.89 Å². The van der Waals surface area contributed by atoms with Crippen molar-refractivity contribution in [2.24, 2.45) is 5.92 Å².